The number of benzene rings is 1. The van der Waals surface area contributed by atoms with E-state index in [-0.39, 0.29) is 23.7 Å². The Kier molecular flexibility index (Phi) is 5.31. The van der Waals surface area contributed by atoms with Crippen molar-refractivity contribution in [3.63, 3.8) is 0 Å². The van der Waals surface area contributed by atoms with E-state index in [1.807, 2.05) is 51.1 Å². The molecule has 3 aromatic rings. The quantitative estimate of drug-likeness (QED) is 0.755. The number of fused-ring (bicyclic) bond motifs is 1. The molecule has 138 valence electrons. The zero-order valence-corrected chi connectivity index (χ0v) is 15.8. The summed E-state index contributed by atoms with van der Waals surface area (Å²) in [5, 5.41) is 3.90. The molecule has 2 heterocycles. The minimum atomic E-state index is -0.338. The fourth-order valence-electron chi connectivity index (χ4n) is 2.87. The molecule has 0 radical (unpaired) electrons. The summed E-state index contributed by atoms with van der Waals surface area (Å²) in [4.78, 5) is 33.2. The molecule has 1 amide bonds. The Balaban J connectivity index is 1.68. The Bertz CT molecular complexity index is 990. The van der Waals surface area contributed by atoms with Crippen molar-refractivity contribution in [2.45, 2.75) is 39.2 Å². The second kappa shape index (κ2) is 7.66. The van der Waals surface area contributed by atoms with Gasteiger partial charge >= 0.3 is 0 Å². The van der Waals surface area contributed by atoms with E-state index in [1.54, 1.807) is 24.5 Å². The van der Waals surface area contributed by atoms with Crippen molar-refractivity contribution < 1.29 is 9.59 Å². The van der Waals surface area contributed by atoms with E-state index in [0.717, 1.165) is 22.0 Å². The molecule has 0 spiro atoms. The fourth-order valence-corrected chi connectivity index (χ4v) is 2.87. The number of nitrogens with zero attached hydrogens (tertiary/aromatic N) is 2. The smallest absolute Gasteiger partial charge is 0.270 e. The van der Waals surface area contributed by atoms with Crippen LogP contribution in [0.5, 0.6) is 0 Å². The molecule has 5 nitrogen and oxygen atoms in total. The summed E-state index contributed by atoms with van der Waals surface area (Å²) in [5.41, 5.74) is 2.65. The van der Waals surface area contributed by atoms with Gasteiger partial charge in [0.2, 0.25) is 0 Å². The monoisotopic (exact) mass is 361 g/mol. The summed E-state index contributed by atoms with van der Waals surface area (Å²) in [7, 11) is 0. The van der Waals surface area contributed by atoms with Gasteiger partial charge in [-0.3, -0.25) is 19.6 Å². The predicted octanol–water partition coefficient (Wildman–Crippen LogP) is 3.51. The van der Waals surface area contributed by atoms with Crippen molar-refractivity contribution in [1.82, 2.24) is 15.3 Å². The number of Topliss-reactive ketones (excluding diaryl/α,β-unsaturated/α-hetero) is 1. The van der Waals surface area contributed by atoms with Crippen molar-refractivity contribution in [3.05, 3.63) is 71.7 Å². The van der Waals surface area contributed by atoms with Crippen LogP contribution in [0.3, 0.4) is 0 Å². The highest BCUT2D eigenvalue weighted by molar-refractivity contribution is 5.93. The van der Waals surface area contributed by atoms with Gasteiger partial charge in [0, 0.05) is 36.2 Å². The maximum Gasteiger partial charge on any atom is 0.270 e. The maximum absolute atomic E-state index is 12.5. The van der Waals surface area contributed by atoms with Crippen LogP contribution in [-0.4, -0.2) is 27.2 Å². The van der Waals surface area contributed by atoms with Crippen LogP contribution in [0.2, 0.25) is 0 Å². The molecular formula is C22H23N3O2. The second-order valence-corrected chi connectivity index (χ2v) is 7.68. The van der Waals surface area contributed by atoms with E-state index in [4.69, 9.17) is 0 Å². The van der Waals surface area contributed by atoms with Crippen molar-refractivity contribution >= 4 is 22.6 Å². The number of rotatable bonds is 5. The van der Waals surface area contributed by atoms with Gasteiger partial charge in [-0.1, -0.05) is 12.1 Å². The predicted molar refractivity (Wildman–Crippen MR) is 106 cm³/mol. The number of pyridine rings is 2. The first kappa shape index (κ1) is 18.7. The third-order valence-electron chi connectivity index (χ3n) is 4.02. The molecule has 1 N–H and O–H groups in total. The minimum Gasteiger partial charge on any atom is -0.346 e. The van der Waals surface area contributed by atoms with Crippen LogP contribution in [0.4, 0.5) is 0 Å². The Labute approximate surface area is 158 Å². The highest BCUT2D eigenvalue weighted by atomic mass is 16.2. The third kappa shape index (κ3) is 5.20. The summed E-state index contributed by atoms with van der Waals surface area (Å²) in [6.45, 7) is 5.74. The van der Waals surface area contributed by atoms with Gasteiger partial charge in [0.15, 0.2) is 0 Å². The lowest BCUT2D eigenvalue weighted by molar-refractivity contribution is -0.117. The summed E-state index contributed by atoms with van der Waals surface area (Å²) in [5.74, 6) is -0.148. The molecule has 0 aliphatic rings. The molecule has 2 aromatic heterocycles. The molecule has 3 rings (SSSR count). The number of nitrogens with one attached hydrogen (secondary N) is 1. The van der Waals surface area contributed by atoms with Crippen molar-refractivity contribution in [2.75, 3.05) is 0 Å². The van der Waals surface area contributed by atoms with Crippen LogP contribution >= 0.6 is 0 Å². The molecule has 5 heteroatoms. The van der Waals surface area contributed by atoms with E-state index >= 15 is 0 Å². The van der Waals surface area contributed by atoms with Crippen LogP contribution in [0.1, 0.15) is 42.4 Å². The molecule has 1 aromatic carbocycles. The lowest BCUT2D eigenvalue weighted by atomic mass is 10.0. The largest absolute Gasteiger partial charge is 0.346 e. The zero-order chi connectivity index (χ0) is 19.4. The molecule has 0 aliphatic heterocycles. The Hall–Kier alpha value is -3.08. The SMILES string of the molecule is CC(C)(C)NC(=O)c1cc(CC(=O)Cc2ccc3ncccc3c2)ccn1. The second-order valence-electron chi connectivity index (χ2n) is 7.68. The van der Waals surface area contributed by atoms with Crippen LogP contribution in [0.25, 0.3) is 10.9 Å². The lowest BCUT2D eigenvalue weighted by Crippen LogP contribution is -2.40. The van der Waals surface area contributed by atoms with Gasteiger partial charge in [-0.2, -0.15) is 0 Å². The first-order valence-electron chi connectivity index (χ1n) is 8.93. The van der Waals surface area contributed by atoms with Gasteiger partial charge in [0.05, 0.1) is 5.52 Å². The van der Waals surface area contributed by atoms with E-state index in [9.17, 15) is 9.59 Å². The fraction of sp³-hybridized carbons (Fsp3) is 0.273. The molecule has 0 atom stereocenters. The van der Waals surface area contributed by atoms with E-state index in [2.05, 4.69) is 15.3 Å². The first-order valence-corrected chi connectivity index (χ1v) is 8.93. The Morgan fingerprint density at radius 1 is 0.926 bits per heavy atom. The van der Waals surface area contributed by atoms with Gasteiger partial charge < -0.3 is 5.32 Å². The van der Waals surface area contributed by atoms with E-state index in [0.29, 0.717) is 12.1 Å². The van der Waals surface area contributed by atoms with Crippen molar-refractivity contribution in [2.24, 2.45) is 0 Å². The molecule has 0 bridgehead atoms. The molecule has 0 unspecified atom stereocenters. The first-order chi connectivity index (χ1) is 12.8. The lowest BCUT2D eigenvalue weighted by Gasteiger charge is -2.20. The summed E-state index contributed by atoms with van der Waals surface area (Å²) in [6.07, 6.45) is 3.94. The minimum absolute atomic E-state index is 0.0895. The normalized spacial score (nSPS) is 11.4. The number of carbonyl (C=O) groups excluding carboxylic acids is 2. The average molecular weight is 361 g/mol. The standard InChI is InChI=1S/C22H23N3O2/c1-22(2,3)25-21(27)20-14-16(8-10-24-20)13-18(26)12-15-6-7-19-17(11-15)5-4-9-23-19/h4-11,14H,12-13H2,1-3H3,(H,25,27). The van der Waals surface area contributed by atoms with E-state index < -0.39 is 0 Å². The third-order valence-corrected chi connectivity index (χ3v) is 4.02. The highest BCUT2D eigenvalue weighted by Crippen LogP contribution is 2.15. The maximum atomic E-state index is 12.5. The van der Waals surface area contributed by atoms with Crippen LogP contribution in [-0.2, 0) is 17.6 Å². The molecular weight excluding hydrogens is 338 g/mol. The van der Waals surface area contributed by atoms with Gasteiger partial charge in [0.25, 0.3) is 5.91 Å². The van der Waals surface area contributed by atoms with Gasteiger partial charge in [0.1, 0.15) is 11.5 Å². The molecule has 27 heavy (non-hydrogen) atoms. The molecule has 0 aliphatic carbocycles. The topological polar surface area (TPSA) is 72.0 Å². The van der Waals surface area contributed by atoms with Crippen LogP contribution in [0.15, 0.2) is 54.9 Å². The van der Waals surface area contributed by atoms with Crippen molar-refractivity contribution in [1.29, 1.82) is 0 Å². The molecule has 0 fully saturated rings. The Morgan fingerprint density at radius 3 is 2.41 bits per heavy atom. The van der Waals surface area contributed by atoms with Gasteiger partial charge in [-0.25, -0.2) is 0 Å². The number of carbonyl (C=O) groups is 2. The number of amides is 1. The summed E-state index contributed by atoms with van der Waals surface area (Å²) < 4.78 is 0. The number of aromatic nitrogens is 2. The number of hydrogen-bond acceptors (Lipinski definition) is 4. The average Bonchev–Trinajstić information content (AvgIpc) is 2.60. The number of ketones is 1. The van der Waals surface area contributed by atoms with Crippen LogP contribution in [0, 0.1) is 0 Å². The molecule has 0 saturated heterocycles. The highest BCUT2D eigenvalue weighted by Gasteiger charge is 2.17. The summed E-state index contributed by atoms with van der Waals surface area (Å²) in [6, 6.07) is 13.2. The van der Waals surface area contributed by atoms with Crippen LogP contribution < -0.4 is 5.32 Å². The summed E-state index contributed by atoms with van der Waals surface area (Å²) >= 11 is 0. The number of hydrogen-bond donors (Lipinski definition) is 1. The Morgan fingerprint density at radius 2 is 1.67 bits per heavy atom. The van der Waals surface area contributed by atoms with E-state index in [1.165, 1.54) is 0 Å². The van der Waals surface area contributed by atoms with Crippen molar-refractivity contribution in [3.8, 4) is 0 Å². The van der Waals surface area contributed by atoms with Gasteiger partial charge in [-0.15, -0.1) is 0 Å². The zero-order valence-electron chi connectivity index (χ0n) is 15.8. The molecule has 0 saturated carbocycles. The van der Waals surface area contributed by atoms with Gasteiger partial charge in [-0.05, 0) is 62.2 Å².